The molecule has 2 rings (SSSR count). The van der Waals surface area contributed by atoms with E-state index in [9.17, 15) is 0 Å². The molecule has 0 spiro atoms. The first kappa shape index (κ1) is 19.7. The van der Waals surface area contributed by atoms with Crippen LogP contribution in [0, 0.1) is 0 Å². The van der Waals surface area contributed by atoms with E-state index < -0.39 is 0 Å². The van der Waals surface area contributed by atoms with Gasteiger partial charge in [-0.25, -0.2) is 0 Å². The van der Waals surface area contributed by atoms with Crippen molar-refractivity contribution in [2.24, 2.45) is 4.99 Å². The molecular weight excluding hydrogens is 391 g/mol. The SMILES string of the molecule is CCNC(=NCC1CCCN1CCOC)NC1CC=CC1.I. The lowest BCUT2D eigenvalue weighted by Crippen LogP contribution is -2.43. The maximum atomic E-state index is 5.20. The van der Waals surface area contributed by atoms with Crippen molar-refractivity contribution >= 4 is 29.9 Å². The zero-order chi connectivity index (χ0) is 14.9. The van der Waals surface area contributed by atoms with E-state index in [0.717, 1.165) is 45.0 Å². The fraction of sp³-hybridized carbons (Fsp3) is 0.812. The summed E-state index contributed by atoms with van der Waals surface area (Å²) in [5.41, 5.74) is 0. The minimum Gasteiger partial charge on any atom is -0.383 e. The molecule has 1 heterocycles. The number of rotatable bonds is 7. The molecule has 2 aliphatic rings. The number of guanidine groups is 1. The summed E-state index contributed by atoms with van der Waals surface area (Å²) in [6, 6.07) is 1.08. The highest BCUT2D eigenvalue weighted by Crippen LogP contribution is 2.17. The molecule has 5 nitrogen and oxygen atoms in total. The number of halogens is 1. The van der Waals surface area contributed by atoms with Gasteiger partial charge in [-0.05, 0) is 39.2 Å². The Morgan fingerprint density at radius 2 is 2.14 bits per heavy atom. The second-order valence-electron chi connectivity index (χ2n) is 5.83. The first-order valence-electron chi connectivity index (χ1n) is 8.26. The van der Waals surface area contributed by atoms with Crippen LogP contribution in [0.5, 0.6) is 0 Å². The molecule has 0 aromatic heterocycles. The van der Waals surface area contributed by atoms with Gasteiger partial charge in [-0.2, -0.15) is 0 Å². The molecule has 128 valence electrons. The normalized spacial score (nSPS) is 22.8. The van der Waals surface area contributed by atoms with Crippen LogP contribution in [0.25, 0.3) is 0 Å². The van der Waals surface area contributed by atoms with Crippen LogP contribution in [0.2, 0.25) is 0 Å². The molecule has 1 aliphatic carbocycles. The molecule has 0 radical (unpaired) electrons. The fourth-order valence-corrected chi connectivity index (χ4v) is 3.05. The van der Waals surface area contributed by atoms with Gasteiger partial charge in [0, 0.05) is 32.3 Å². The lowest BCUT2D eigenvalue weighted by atomic mass is 10.2. The second-order valence-corrected chi connectivity index (χ2v) is 5.83. The van der Waals surface area contributed by atoms with Gasteiger partial charge in [-0.15, -0.1) is 24.0 Å². The van der Waals surface area contributed by atoms with Crippen LogP contribution in [0.4, 0.5) is 0 Å². The van der Waals surface area contributed by atoms with Crippen molar-refractivity contribution in [1.29, 1.82) is 0 Å². The van der Waals surface area contributed by atoms with Crippen LogP contribution < -0.4 is 10.6 Å². The van der Waals surface area contributed by atoms with Crippen LogP contribution in [0.15, 0.2) is 17.1 Å². The summed E-state index contributed by atoms with van der Waals surface area (Å²) in [5.74, 6) is 0.963. The van der Waals surface area contributed by atoms with Gasteiger partial charge in [0.1, 0.15) is 0 Å². The van der Waals surface area contributed by atoms with Gasteiger partial charge in [-0.1, -0.05) is 12.2 Å². The maximum Gasteiger partial charge on any atom is 0.191 e. The van der Waals surface area contributed by atoms with Crippen molar-refractivity contribution < 1.29 is 4.74 Å². The summed E-state index contributed by atoms with van der Waals surface area (Å²) in [6.45, 7) is 6.91. The Morgan fingerprint density at radius 3 is 2.82 bits per heavy atom. The Kier molecular flexibility index (Phi) is 10.1. The molecule has 0 aromatic carbocycles. The van der Waals surface area contributed by atoms with E-state index in [4.69, 9.17) is 9.73 Å². The summed E-state index contributed by atoms with van der Waals surface area (Å²) in [4.78, 5) is 7.31. The largest absolute Gasteiger partial charge is 0.383 e. The predicted octanol–water partition coefficient (Wildman–Crippen LogP) is 1.99. The topological polar surface area (TPSA) is 48.9 Å². The van der Waals surface area contributed by atoms with Crippen molar-refractivity contribution in [3.05, 3.63) is 12.2 Å². The van der Waals surface area contributed by atoms with E-state index >= 15 is 0 Å². The third-order valence-corrected chi connectivity index (χ3v) is 4.23. The Morgan fingerprint density at radius 1 is 1.36 bits per heavy atom. The third-order valence-electron chi connectivity index (χ3n) is 4.23. The Balaban J connectivity index is 0.00000242. The van der Waals surface area contributed by atoms with Crippen LogP contribution >= 0.6 is 24.0 Å². The van der Waals surface area contributed by atoms with Gasteiger partial charge in [-0.3, -0.25) is 9.89 Å². The number of likely N-dealkylation sites (tertiary alicyclic amines) is 1. The average Bonchev–Trinajstić information content (AvgIpc) is 3.14. The molecule has 2 N–H and O–H groups in total. The number of nitrogens with zero attached hydrogens (tertiary/aromatic N) is 2. The van der Waals surface area contributed by atoms with Gasteiger partial charge in [0.05, 0.1) is 13.2 Å². The fourth-order valence-electron chi connectivity index (χ4n) is 3.05. The minimum absolute atomic E-state index is 0. The zero-order valence-corrected chi connectivity index (χ0v) is 16.2. The van der Waals surface area contributed by atoms with Crippen molar-refractivity contribution in [2.75, 3.05) is 39.9 Å². The summed E-state index contributed by atoms with van der Waals surface area (Å²) >= 11 is 0. The van der Waals surface area contributed by atoms with E-state index in [1.165, 1.54) is 19.4 Å². The molecule has 1 aliphatic heterocycles. The van der Waals surface area contributed by atoms with Gasteiger partial charge in [0.25, 0.3) is 0 Å². The molecule has 1 atom stereocenters. The van der Waals surface area contributed by atoms with E-state index in [0.29, 0.717) is 12.1 Å². The number of hydrogen-bond donors (Lipinski definition) is 2. The second kappa shape index (κ2) is 11.2. The zero-order valence-electron chi connectivity index (χ0n) is 13.9. The van der Waals surface area contributed by atoms with Crippen LogP contribution in [0.1, 0.15) is 32.6 Å². The van der Waals surface area contributed by atoms with Crippen LogP contribution in [0.3, 0.4) is 0 Å². The molecule has 6 heteroatoms. The standard InChI is InChI=1S/C16H30N4O.HI/c1-3-17-16(19-14-7-4-5-8-14)18-13-15-9-6-10-20(15)11-12-21-2;/h4-5,14-15H,3,6-13H2,1-2H3,(H2,17,18,19);1H. The molecule has 1 unspecified atom stereocenters. The Hall–Kier alpha value is -0.340. The molecule has 1 saturated heterocycles. The van der Waals surface area contributed by atoms with Crippen molar-refractivity contribution in [1.82, 2.24) is 15.5 Å². The highest BCUT2D eigenvalue weighted by molar-refractivity contribution is 14.0. The summed E-state index contributed by atoms with van der Waals surface area (Å²) < 4.78 is 5.20. The molecule has 0 saturated carbocycles. The lowest BCUT2D eigenvalue weighted by Gasteiger charge is -2.23. The molecule has 0 bridgehead atoms. The van der Waals surface area contributed by atoms with Crippen molar-refractivity contribution in [2.45, 2.75) is 44.7 Å². The Bertz CT molecular complexity index is 354. The Labute approximate surface area is 152 Å². The molecule has 0 aromatic rings. The third kappa shape index (κ3) is 6.42. The molecule has 0 amide bonds. The lowest BCUT2D eigenvalue weighted by molar-refractivity contribution is 0.142. The number of aliphatic imine (C=N–C) groups is 1. The number of methoxy groups -OCH3 is 1. The first-order chi connectivity index (χ1) is 10.3. The van der Waals surface area contributed by atoms with Crippen molar-refractivity contribution in [3.8, 4) is 0 Å². The summed E-state index contributed by atoms with van der Waals surface area (Å²) in [6.07, 6.45) is 9.22. The van der Waals surface area contributed by atoms with Gasteiger partial charge >= 0.3 is 0 Å². The molecule has 22 heavy (non-hydrogen) atoms. The monoisotopic (exact) mass is 422 g/mol. The first-order valence-corrected chi connectivity index (χ1v) is 8.26. The van der Waals surface area contributed by atoms with Crippen molar-refractivity contribution in [3.63, 3.8) is 0 Å². The van der Waals surface area contributed by atoms with E-state index in [1.54, 1.807) is 7.11 Å². The quantitative estimate of drug-likeness (QED) is 0.285. The predicted molar refractivity (Wildman–Crippen MR) is 103 cm³/mol. The molecule has 1 fully saturated rings. The van der Waals surface area contributed by atoms with E-state index in [-0.39, 0.29) is 24.0 Å². The van der Waals surface area contributed by atoms with Gasteiger partial charge in [0.15, 0.2) is 5.96 Å². The van der Waals surface area contributed by atoms with Crippen LogP contribution in [-0.4, -0.2) is 62.8 Å². The van der Waals surface area contributed by atoms with Gasteiger partial charge in [0.2, 0.25) is 0 Å². The van der Waals surface area contributed by atoms with E-state index in [2.05, 4.69) is 34.6 Å². The van der Waals surface area contributed by atoms with Crippen LogP contribution in [-0.2, 0) is 4.74 Å². The molecular formula is C16H31IN4O. The maximum absolute atomic E-state index is 5.20. The number of hydrogen-bond acceptors (Lipinski definition) is 3. The smallest absolute Gasteiger partial charge is 0.191 e. The summed E-state index contributed by atoms with van der Waals surface area (Å²) in [5, 5.41) is 6.89. The number of nitrogens with one attached hydrogen (secondary N) is 2. The average molecular weight is 422 g/mol. The minimum atomic E-state index is 0. The number of ether oxygens (including phenoxy) is 1. The summed E-state index contributed by atoms with van der Waals surface area (Å²) in [7, 11) is 1.77. The van der Waals surface area contributed by atoms with Gasteiger partial charge < -0.3 is 15.4 Å². The highest BCUT2D eigenvalue weighted by Gasteiger charge is 2.23. The highest BCUT2D eigenvalue weighted by atomic mass is 127. The van der Waals surface area contributed by atoms with E-state index in [1.807, 2.05) is 0 Å².